The number of aryl methyl sites for hydroxylation is 1. The van der Waals surface area contributed by atoms with Gasteiger partial charge in [-0.25, -0.2) is 0 Å². The van der Waals surface area contributed by atoms with Crippen LogP contribution in [0.1, 0.15) is 12.7 Å². The number of nitrogens with one attached hydrogen (secondary N) is 2. The van der Waals surface area contributed by atoms with Crippen LogP contribution in [0.2, 0.25) is 0 Å². The van der Waals surface area contributed by atoms with E-state index < -0.39 is 0 Å². The van der Waals surface area contributed by atoms with E-state index in [1.807, 2.05) is 45.2 Å². The first-order valence-electron chi connectivity index (χ1n) is 6.42. The van der Waals surface area contributed by atoms with Crippen LogP contribution >= 0.6 is 0 Å². The highest BCUT2D eigenvalue weighted by atomic mass is 16.1. The number of carbonyl (C=O) groups excluding carboxylic acids is 1. The second-order valence-electron chi connectivity index (χ2n) is 4.64. The van der Waals surface area contributed by atoms with Crippen molar-refractivity contribution in [3.05, 3.63) is 30.1 Å². The molecular weight excluding hydrogens is 256 g/mol. The Morgan fingerprint density at radius 3 is 2.90 bits per heavy atom. The molecule has 1 unspecified atom stereocenters. The largest absolute Gasteiger partial charge is 0.326 e. The maximum absolute atomic E-state index is 12.0. The molecule has 1 aromatic carbocycles. The van der Waals surface area contributed by atoms with E-state index >= 15 is 0 Å². The summed E-state index contributed by atoms with van der Waals surface area (Å²) >= 11 is 0. The number of carbonyl (C=O) groups is 1. The van der Waals surface area contributed by atoms with Gasteiger partial charge in [-0.3, -0.25) is 4.79 Å². The summed E-state index contributed by atoms with van der Waals surface area (Å²) in [6.45, 7) is 4.33. The first-order valence-corrected chi connectivity index (χ1v) is 6.42. The third kappa shape index (κ3) is 3.18. The highest BCUT2D eigenvalue weighted by Gasteiger charge is 2.12. The Kier molecular flexibility index (Phi) is 4.41. The lowest BCUT2D eigenvalue weighted by Crippen LogP contribution is -2.28. The average Bonchev–Trinajstić information content (AvgIpc) is 2.85. The fourth-order valence-electron chi connectivity index (χ4n) is 1.85. The zero-order valence-electron chi connectivity index (χ0n) is 11.8. The average molecular weight is 274 g/mol. The number of hydrogen-bond acceptors (Lipinski definition) is 5. The van der Waals surface area contributed by atoms with Crippen molar-refractivity contribution < 1.29 is 4.79 Å². The molecule has 7 heteroatoms. The summed E-state index contributed by atoms with van der Waals surface area (Å²) in [7, 11) is 1.82. The molecule has 0 radical (unpaired) electrons. The number of benzene rings is 1. The summed E-state index contributed by atoms with van der Waals surface area (Å²) in [5, 5.41) is 17.2. The van der Waals surface area contributed by atoms with Crippen LogP contribution in [0, 0.1) is 12.8 Å². The fraction of sp³-hybridized carbons (Fsp3) is 0.385. The predicted molar refractivity (Wildman–Crippen MR) is 75.6 cm³/mol. The quantitative estimate of drug-likeness (QED) is 0.841. The molecule has 0 spiro atoms. The first-order chi connectivity index (χ1) is 9.61. The summed E-state index contributed by atoms with van der Waals surface area (Å²) < 4.78 is 1.62. The Hall–Kier alpha value is -2.28. The summed E-state index contributed by atoms with van der Waals surface area (Å²) in [4.78, 5) is 12.0. The monoisotopic (exact) mass is 274 g/mol. The van der Waals surface area contributed by atoms with Gasteiger partial charge >= 0.3 is 0 Å². The van der Waals surface area contributed by atoms with E-state index in [2.05, 4.69) is 26.2 Å². The molecular formula is C13H18N6O. The number of hydrogen-bond donors (Lipinski definition) is 2. The van der Waals surface area contributed by atoms with Crippen molar-refractivity contribution in [1.82, 2.24) is 25.5 Å². The van der Waals surface area contributed by atoms with Gasteiger partial charge in [0.15, 0.2) is 5.82 Å². The maximum atomic E-state index is 12.0. The lowest BCUT2D eigenvalue weighted by molar-refractivity contribution is -0.119. The summed E-state index contributed by atoms with van der Waals surface area (Å²) in [5.74, 6) is 0.570. The number of aromatic nitrogens is 4. The molecule has 2 aromatic rings. The van der Waals surface area contributed by atoms with Gasteiger partial charge in [0, 0.05) is 18.2 Å². The van der Waals surface area contributed by atoms with Crippen molar-refractivity contribution >= 4 is 11.6 Å². The predicted octanol–water partition coefficient (Wildman–Crippen LogP) is 0.765. The minimum absolute atomic E-state index is 0.0232. The molecule has 0 aliphatic rings. The summed E-state index contributed by atoms with van der Waals surface area (Å²) in [6, 6.07) is 7.42. The molecule has 1 aromatic heterocycles. The van der Waals surface area contributed by atoms with Crippen molar-refractivity contribution in [2.45, 2.75) is 13.8 Å². The second-order valence-corrected chi connectivity index (χ2v) is 4.64. The number of anilines is 1. The van der Waals surface area contributed by atoms with E-state index in [0.717, 1.165) is 11.4 Å². The van der Waals surface area contributed by atoms with Gasteiger partial charge < -0.3 is 10.6 Å². The van der Waals surface area contributed by atoms with Crippen molar-refractivity contribution in [3.8, 4) is 5.69 Å². The molecule has 0 saturated carbocycles. The summed E-state index contributed by atoms with van der Waals surface area (Å²) in [6.07, 6.45) is 0. The van der Waals surface area contributed by atoms with Gasteiger partial charge in [0.05, 0.1) is 5.69 Å². The first kappa shape index (κ1) is 14.1. The maximum Gasteiger partial charge on any atom is 0.228 e. The lowest BCUT2D eigenvalue weighted by atomic mass is 10.1. The van der Waals surface area contributed by atoms with E-state index in [9.17, 15) is 4.79 Å². The highest BCUT2D eigenvalue weighted by Crippen LogP contribution is 2.15. The van der Waals surface area contributed by atoms with E-state index in [1.165, 1.54) is 0 Å². The third-order valence-corrected chi connectivity index (χ3v) is 2.94. The zero-order chi connectivity index (χ0) is 14.5. The van der Waals surface area contributed by atoms with Gasteiger partial charge in [-0.1, -0.05) is 13.0 Å². The van der Waals surface area contributed by atoms with Crippen molar-refractivity contribution in [2.24, 2.45) is 5.92 Å². The van der Waals surface area contributed by atoms with Crippen molar-refractivity contribution in [3.63, 3.8) is 0 Å². The second kappa shape index (κ2) is 6.25. The minimum atomic E-state index is -0.0987. The lowest BCUT2D eigenvalue weighted by Gasteiger charge is -2.12. The molecule has 0 aliphatic carbocycles. The molecule has 0 bridgehead atoms. The molecule has 2 N–H and O–H groups in total. The van der Waals surface area contributed by atoms with Crippen molar-refractivity contribution in [1.29, 1.82) is 0 Å². The zero-order valence-corrected chi connectivity index (χ0v) is 11.8. The minimum Gasteiger partial charge on any atom is -0.326 e. The molecule has 1 amide bonds. The van der Waals surface area contributed by atoms with Crippen LogP contribution < -0.4 is 10.6 Å². The Morgan fingerprint density at radius 2 is 2.25 bits per heavy atom. The standard InChI is InChI=1S/C13H18N6O/c1-9(8-14-3)13(20)15-11-5-4-6-12(7-11)19-10(2)16-17-18-19/h4-7,9,14H,8H2,1-3H3,(H,15,20). The van der Waals surface area contributed by atoms with Crippen LogP contribution in [-0.4, -0.2) is 39.7 Å². The highest BCUT2D eigenvalue weighted by molar-refractivity contribution is 5.92. The molecule has 1 heterocycles. The van der Waals surface area contributed by atoms with Gasteiger partial charge in [-0.05, 0) is 42.6 Å². The molecule has 7 nitrogen and oxygen atoms in total. The molecule has 0 fully saturated rings. The molecule has 0 saturated heterocycles. The van der Waals surface area contributed by atoms with Crippen LogP contribution in [0.15, 0.2) is 24.3 Å². The Bertz CT molecular complexity index is 594. The molecule has 1 atom stereocenters. The van der Waals surface area contributed by atoms with Crippen LogP contribution in [0.5, 0.6) is 0 Å². The van der Waals surface area contributed by atoms with Crippen LogP contribution in [0.4, 0.5) is 5.69 Å². The smallest absolute Gasteiger partial charge is 0.228 e. The topological polar surface area (TPSA) is 84.7 Å². The van der Waals surface area contributed by atoms with E-state index in [0.29, 0.717) is 12.4 Å². The molecule has 20 heavy (non-hydrogen) atoms. The normalized spacial score (nSPS) is 12.2. The Labute approximate surface area is 117 Å². The molecule has 0 aliphatic heterocycles. The number of nitrogens with zero attached hydrogens (tertiary/aromatic N) is 4. The van der Waals surface area contributed by atoms with Gasteiger partial charge in [0.2, 0.25) is 5.91 Å². The van der Waals surface area contributed by atoms with E-state index in [-0.39, 0.29) is 11.8 Å². The Balaban J connectivity index is 2.15. The molecule has 106 valence electrons. The van der Waals surface area contributed by atoms with Crippen molar-refractivity contribution in [2.75, 3.05) is 18.9 Å². The SMILES string of the molecule is CNCC(C)C(=O)Nc1cccc(-n2nnnc2C)c1. The fourth-order valence-corrected chi connectivity index (χ4v) is 1.85. The third-order valence-electron chi connectivity index (χ3n) is 2.94. The van der Waals surface area contributed by atoms with Gasteiger partial charge in [-0.2, -0.15) is 4.68 Å². The van der Waals surface area contributed by atoms with Crippen LogP contribution in [0.25, 0.3) is 5.69 Å². The molecule has 2 rings (SSSR count). The number of rotatable bonds is 5. The van der Waals surface area contributed by atoms with E-state index in [1.54, 1.807) is 4.68 Å². The number of amides is 1. The Morgan fingerprint density at radius 1 is 1.45 bits per heavy atom. The summed E-state index contributed by atoms with van der Waals surface area (Å²) in [5.41, 5.74) is 1.54. The van der Waals surface area contributed by atoms with E-state index in [4.69, 9.17) is 0 Å². The van der Waals surface area contributed by atoms with Gasteiger partial charge in [0.1, 0.15) is 0 Å². The number of tetrazole rings is 1. The van der Waals surface area contributed by atoms with Crippen LogP contribution in [-0.2, 0) is 4.79 Å². The van der Waals surface area contributed by atoms with Crippen LogP contribution in [0.3, 0.4) is 0 Å². The van der Waals surface area contributed by atoms with Gasteiger partial charge in [-0.15, -0.1) is 5.10 Å². The van der Waals surface area contributed by atoms with Gasteiger partial charge in [0.25, 0.3) is 0 Å².